The van der Waals surface area contributed by atoms with Crippen LogP contribution in [-0.4, -0.2) is 16.5 Å². The first-order valence-corrected chi connectivity index (χ1v) is 6.66. The molecule has 3 aromatic rings. The van der Waals surface area contributed by atoms with Crippen molar-refractivity contribution in [1.82, 2.24) is 15.3 Å². The molecule has 3 heteroatoms. The van der Waals surface area contributed by atoms with Gasteiger partial charge >= 0.3 is 0 Å². The van der Waals surface area contributed by atoms with Crippen LogP contribution in [0, 0.1) is 0 Å². The maximum Gasteiger partial charge on any atom is 0.0926 e. The molecule has 0 radical (unpaired) electrons. The van der Waals surface area contributed by atoms with Crippen LogP contribution in [0.15, 0.2) is 48.8 Å². The second kappa shape index (κ2) is 4.21. The maximum atomic E-state index is 4.48. The Bertz CT molecular complexity index is 729. The molecule has 1 atom stereocenters. The third-order valence-corrected chi connectivity index (χ3v) is 3.86. The number of hydrogen-bond acceptors (Lipinski definition) is 2. The second-order valence-corrected chi connectivity index (χ2v) is 5.01. The highest BCUT2D eigenvalue weighted by Gasteiger charge is 2.23. The van der Waals surface area contributed by atoms with Gasteiger partial charge in [-0.1, -0.05) is 36.4 Å². The van der Waals surface area contributed by atoms with Crippen LogP contribution in [0.4, 0.5) is 0 Å². The fourth-order valence-electron chi connectivity index (χ4n) is 2.88. The Kier molecular flexibility index (Phi) is 2.38. The smallest absolute Gasteiger partial charge is 0.0926 e. The number of H-pyrrole nitrogens is 1. The molecule has 0 bridgehead atoms. The van der Waals surface area contributed by atoms with Gasteiger partial charge in [0, 0.05) is 18.7 Å². The third kappa shape index (κ3) is 1.74. The number of imidazole rings is 1. The van der Waals surface area contributed by atoms with Gasteiger partial charge in [-0.05, 0) is 22.4 Å². The van der Waals surface area contributed by atoms with E-state index in [1.54, 1.807) is 6.33 Å². The van der Waals surface area contributed by atoms with Crippen molar-refractivity contribution in [2.75, 3.05) is 6.54 Å². The molecule has 0 aliphatic carbocycles. The highest BCUT2D eigenvalue weighted by Crippen LogP contribution is 2.28. The van der Waals surface area contributed by atoms with Crippen molar-refractivity contribution in [2.45, 2.75) is 12.5 Å². The average Bonchev–Trinajstić information content (AvgIpc) is 2.95. The summed E-state index contributed by atoms with van der Waals surface area (Å²) < 4.78 is 0. The minimum Gasteiger partial charge on any atom is -0.348 e. The molecule has 0 amide bonds. The zero-order valence-electron chi connectivity index (χ0n) is 10.6. The summed E-state index contributed by atoms with van der Waals surface area (Å²) in [6, 6.07) is 15.3. The van der Waals surface area contributed by atoms with Gasteiger partial charge in [-0.15, -0.1) is 0 Å². The van der Waals surface area contributed by atoms with Gasteiger partial charge in [0.25, 0.3) is 0 Å². The first-order chi connectivity index (χ1) is 9.42. The predicted molar refractivity (Wildman–Crippen MR) is 76.1 cm³/mol. The normalized spacial score (nSPS) is 18.4. The number of fused-ring (bicyclic) bond motifs is 2. The summed E-state index contributed by atoms with van der Waals surface area (Å²) in [6.07, 6.45) is 2.82. The van der Waals surface area contributed by atoms with Gasteiger partial charge in [0.05, 0.1) is 18.1 Å². The number of rotatable bonds is 1. The number of benzene rings is 2. The van der Waals surface area contributed by atoms with E-state index < -0.39 is 0 Å². The SMILES string of the molecule is c1ccc2cc([C@@H]3NCCc4[nH]cnc43)ccc2c1. The summed E-state index contributed by atoms with van der Waals surface area (Å²) >= 11 is 0. The quantitative estimate of drug-likeness (QED) is 0.696. The molecule has 4 rings (SSSR count). The van der Waals surface area contributed by atoms with E-state index in [9.17, 15) is 0 Å². The molecule has 1 aromatic heterocycles. The summed E-state index contributed by atoms with van der Waals surface area (Å²) in [7, 11) is 0. The van der Waals surface area contributed by atoms with Crippen LogP contribution in [0.1, 0.15) is 23.0 Å². The largest absolute Gasteiger partial charge is 0.348 e. The van der Waals surface area contributed by atoms with Crippen LogP contribution in [0.25, 0.3) is 10.8 Å². The summed E-state index contributed by atoms with van der Waals surface area (Å²) in [4.78, 5) is 7.72. The van der Waals surface area contributed by atoms with Crippen molar-refractivity contribution in [3.63, 3.8) is 0 Å². The van der Waals surface area contributed by atoms with Crippen molar-refractivity contribution in [3.8, 4) is 0 Å². The van der Waals surface area contributed by atoms with Gasteiger partial charge in [0.2, 0.25) is 0 Å². The number of aromatic amines is 1. The molecule has 2 heterocycles. The van der Waals surface area contributed by atoms with E-state index >= 15 is 0 Å². The van der Waals surface area contributed by atoms with Gasteiger partial charge in [0.1, 0.15) is 0 Å². The average molecular weight is 249 g/mol. The van der Waals surface area contributed by atoms with Crippen molar-refractivity contribution < 1.29 is 0 Å². The van der Waals surface area contributed by atoms with Crippen molar-refractivity contribution in [3.05, 3.63) is 65.7 Å². The summed E-state index contributed by atoms with van der Waals surface area (Å²) in [6.45, 7) is 0.993. The Morgan fingerprint density at radius 3 is 2.89 bits per heavy atom. The van der Waals surface area contributed by atoms with E-state index in [1.807, 2.05) is 0 Å². The lowest BCUT2D eigenvalue weighted by Crippen LogP contribution is -2.30. The standard InChI is InChI=1S/C16H15N3/c1-2-4-12-9-13(6-5-11(12)3-1)15-16-14(7-8-17-15)18-10-19-16/h1-6,9-10,15,17H,7-8H2,(H,18,19)/t15-/m0/s1. The van der Waals surface area contributed by atoms with Crippen LogP contribution in [-0.2, 0) is 6.42 Å². The van der Waals surface area contributed by atoms with E-state index in [-0.39, 0.29) is 6.04 Å². The molecule has 1 aliphatic rings. The Morgan fingerprint density at radius 1 is 1.05 bits per heavy atom. The molecule has 19 heavy (non-hydrogen) atoms. The lowest BCUT2D eigenvalue weighted by atomic mass is 9.96. The first kappa shape index (κ1) is 10.8. The first-order valence-electron chi connectivity index (χ1n) is 6.66. The van der Waals surface area contributed by atoms with E-state index in [0.717, 1.165) is 18.7 Å². The van der Waals surface area contributed by atoms with E-state index in [1.165, 1.54) is 22.0 Å². The van der Waals surface area contributed by atoms with Gasteiger partial charge in [0.15, 0.2) is 0 Å². The third-order valence-electron chi connectivity index (χ3n) is 3.86. The maximum absolute atomic E-state index is 4.48. The molecule has 0 unspecified atom stereocenters. The lowest BCUT2D eigenvalue weighted by molar-refractivity contribution is 0.554. The van der Waals surface area contributed by atoms with Crippen LogP contribution in [0.3, 0.4) is 0 Å². The molecule has 2 N–H and O–H groups in total. The lowest BCUT2D eigenvalue weighted by Gasteiger charge is -2.23. The minimum absolute atomic E-state index is 0.208. The van der Waals surface area contributed by atoms with Gasteiger partial charge in [-0.25, -0.2) is 4.98 Å². The molecule has 1 aliphatic heterocycles. The molecular weight excluding hydrogens is 234 g/mol. The number of nitrogens with one attached hydrogen (secondary N) is 2. The summed E-state index contributed by atoms with van der Waals surface area (Å²) in [5.41, 5.74) is 3.69. The monoisotopic (exact) mass is 249 g/mol. The Hall–Kier alpha value is -2.13. The van der Waals surface area contributed by atoms with Crippen LogP contribution < -0.4 is 5.32 Å². The molecule has 0 saturated heterocycles. The molecule has 2 aromatic carbocycles. The van der Waals surface area contributed by atoms with Gasteiger partial charge in [-0.3, -0.25) is 0 Å². The van der Waals surface area contributed by atoms with E-state index in [4.69, 9.17) is 0 Å². The fraction of sp³-hybridized carbons (Fsp3) is 0.188. The van der Waals surface area contributed by atoms with Crippen molar-refractivity contribution >= 4 is 10.8 Å². The topological polar surface area (TPSA) is 40.7 Å². The van der Waals surface area contributed by atoms with E-state index in [2.05, 4.69) is 57.7 Å². The molecule has 94 valence electrons. The van der Waals surface area contributed by atoms with Crippen molar-refractivity contribution in [2.24, 2.45) is 0 Å². The predicted octanol–water partition coefficient (Wildman–Crippen LogP) is 2.80. The van der Waals surface area contributed by atoms with Crippen LogP contribution in [0.2, 0.25) is 0 Å². The second-order valence-electron chi connectivity index (χ2n) is 5.01. The zero-order chi connectivity index (χ0) is 12.7. The molecule has 0 fully saturated rings. The van der Waals surface area contributed by atoms with Gasteiger partial charge < -0.3 is 10.3 Å². The van der Waals surface area contributed by atoms with Crippen LogP contribution in [0.5, 0.6) is 0 Å². The Morgan fingerprint density at radius 2 is 1.95 bits per heavy atom. The summed E-state index contributed by atoms with van der Waals surface area (Å²) in [5, 5.41) is 6.12. The highest BCUT2D eigenvalue weighted by atomic mass is 15.0. The van der Waals surface area contributed by atoms with E-state index in [0.29, 0.717) is 0 Å². The van der Waals surface area contributed by atoms with Crippen LogP contribution >= 0.6 is 0 Å². The van der Waals surface area contributed by atoms with Gasteiger partial charge in [-0.2, -0.15) is 0 Å². The molecule has 0 saturated carbocycles. The highest BCUT2D eigenvalue weighted by molar-refractivity contribution is 5.83. The number of aromatic nitrogens is 2. The Labute approximate surface area is 111 Å². The minimum atomic E-state index is 0.208. The number of hydrogen-bond donors (Lipinski definition) is 2. The fourth-order valence-corrected chi connectivity index (χ4v) is 2.88. The molecule has 0 spiro atoms. The summed E-state index contributed by atoms with van der Waals surface area (Å²) in [5.74, 6) is 0. The molecule has 3 nitrogen and oxygen atoms in total. The Balaban J connectivity index is 1.83. The number of nitrogens with zero attached hydrogens (tertiary/aromatic N) is 1. The zero-order valence-corrected chi connectivity index (χ0v) is 10.6. The van der Waals surface area contributed by atoms with Crippen molar-refractivity contribution in [1.29, 1.82) is 0 Å². The molecular formula is C16H15N3.